The molecule has 0 spiro atoms. The fraction of sp³-hybridized carbons (Fsp3) is 0.300. The van der Waals surface area contributed by atoms with Crippen molar-refractivity contribution < 1.29 is 19.1 Å². The lowest BCUT2D eigenvalue weighted by Gasteiger charge is -2.25. The molecule has 1 amide bonds. The molecule has 0 bridgehead atoms. The SMILES string of the molecule is CC(OC(=O)C1COc2ccc(Cl)cc2C1)C(=O)NCc1ccccc1. The number of ether oxygens (including phenoxy) is 2. The Labute approximate surface area is 157 Å². The Morgan fingerprint density at radius 2 is 2.04 bits per heavy atom. The molecule has 2 aromatic carbocycles. The highest BCUT2D eigenvalue weighted by molar-refractivity contribution is 6.30. The van der Waals surface area contributed by atoms with Crippen LogP contribution in [0.25, 0.3) is 0 Å². The van der Waals surface area contributed by atoms with Crippen LogP contribution in [0.1, 0.15) is 18.1 Å². The van der Waals surface area contributed by atoms with Gasteiger partial charge in [-0.1, -0.05) is 41.9 Å². The Morgan fingerprint density at radius 3 is 2.81 bits per heavy atom. The van der Waals surface area contributed by atoms with Gasteiger partial charge >= 0.3 is 5.97 Å². The van der Waals surface area contributed by atoms with Gasteiger partial charge in [0.25, 0.3) is 5.91 Å². The number of rotatable bonds is 5. The van der Waals surface area contributed by atoms with Gasteiger partial charge in [-0.15, -0.1) is 0 Å². The van der Waals surface area contributed by atoms with Gasteiger partial charge in [-0.05, 0) is 42.7 Å². The normalized spacial score (nSPS) is 16.8. The molecule has 0 aromatic heterocycles. The third-order valence-electron chi connectivity index (χ3n) is 4.23. The molecule has 1 aliphatic heterocycles. The van der Waals surface area contributed by atoms with Gasteiger partial charge in [-0.2, -0.15) is 0 Å². The maximum atomic E-state index is 12.4. The van der Waals surface area contributed by atoms with Crippen LogP contribution in [-0.4, -0.2) is 24.6 Å². The standard InChI is InChI=1S/C20H20ClNO4/c1-13(19(23)22-11-14-5-3-2-4-6-14)26-20(24)16-9-15-10-17(21)7-8-18(15)25-12-16/h2-8,10,13,16H,9,11-12H2,1H3,(H,22,23). The van der Waals surface area contributed by atoms with E-state index in [0.717, 1.165) is 16.9 Å². The summed E-state index contributed by atoms with van der Waals surface area (Å²) >= 11 is 5.99. The molecule has 2 atom stereocenters. The fourth-order valence-corrected chi connectivity index (χ4v) is 2.96. The first-order valence-corrected chi connectivity index (χ1v) is 8.84. The predicted molar refractivity (Wildman–Crippen MR) is 98.0 cm³/mol. The Bertz CT molecular complexity index is 794. The first kappa shape index (κ1) is 18.3. The number of esters is 1. The lowest BCUT2D eigenvalue weighted by atomic mass is 9.97. The number of halogens is 1. The van der Waals surface area contributed by atoms with Crippen LogP contribution in [0.2, 0.25) is 5.02 Å². The topological polar surface area (TPSA) is 64.6 Å². The molecule has 3 rings (SSSR count). The summed E-state index contributed by atoms with van der Waals surface area (Å²) < 4.78 is 10.9. The molecule has 1 aliphatic rings. The maximum absolute atomic E-state index is 12.4. The lowest BCUT2D eigenvalue weighted by Crippen LogP contribution is -2.38. The number of fused-ring (bicyclic) bond motifs is 1. The Kier molecular flexibility index (Phi) is 5.78. The minimum absolute atomic E-state index is 0.228. The summed E-state index contributed by atoms with van der Waals surface area (Å²) in [7, 11) is 0. The van der Waals surface area contributed by atoms with Crippen molar-refractivity contribution in [2.75, 3.05) is 6.61 Å². The van der Waals surface area contributed by atoms with E-state index < -0.39 is 18.0 Å². The summed E-state index contributed by atoms with van der Waals surface area (Å²) in [5.74, 6) is -0.502. The van der Waals surface area contributed by atoms with Crippen LogP contribution in [0.4, 0.5) is 0 Å². The molecule has 26 heavy (non-hydrogen) atoms. The molecule has 1 heterocycles. The summed E-state index contributed by atoms with van der Waals surface area (Å²) in [6.45, 7) is 2.18. The second-order valence-electron chi connectivity index (χ2n) is 6.25. The summed E-state index contributed by atoms with van der Waals surface area (Å²) in [4.78, 5) is 24.5. The predicted octanol–water partition coefficient (Wildman–Crippen LogP) is 3.14. The zero-order valence-corrected chi connectivity index (χ0v) is 15.2. The monoisotopic (exact) mass is 373 g/mol. The molecule has 0 saturated heterocycles. The molecule has 2 unspecified atom stereocenters. The number of amides is 1. The van der Waals surface area contributed by atoms with Gasteiger partial charge in [0, 0.05) is 11.6 Å². The largest absolute Gasteiger partial charge is 0.492 e. The molecule has 5 nitrogen and oxygen atoms in total. The Balaban J connectivity index is 1.51. The van der Waals surface area contributed by atoms with Crippen LogP contribution in [-0.2, 0) is 27.3 Å². The van der Waals surface area contributed by atoms with E-state index in [1.807, 2.05) is 30.3 Å². The van der Waals surface area contributed by atoms with Crippen LogP contribution in [0.5, 0.6) is 5.75 Å². The quantitative estimate of drug-likeness (QED) is 0.818. The molecular weight excluding hydrogens is 354 g/mol. The molecule has 1 N–H and O–H groups in total. The van der Waals surface area contributed by atoms with Gasteiger partial charge in [0.2, 0.25) is 0 Å². The highest BCUT2D eigenvalue weighted by Crippen LogP contribution is 2.30. The van der Waals surface area contributed by atoms with Gasteiger partial charge in [0.1, 0.15) is 12.4 Å². The average molecular weight is 374 g/mol. The van der Waals surface area contributed by atoms with E-state index >= 15 is 0 Å². The second kappa shape index (κ2) is 8.23. The third kappa shape index (κ3) is 4.55. The van der Waals surface area contributed by atoms with Crippen molar-refractivity contribution in [1.29, 1.82) is 0 Å². The van der Waals surface area contributed by atoms with Crippen LogP contribution < -0.4 is 10.1 Å². The minimum Gasteiger partial charge on any atom is -0.492 e. The first-order chi connectivity index (χ1) is 12.5. The number of hydrogen-bond acceptors (Lipinski definition) is 4. The van der Waals surface area contributed by atoms with Crippen molar-refractivity contribution in [1.82, 2.24) is 5.32 Å². The van der Waals surface area contributed by atoms with Crippen molar-refractivity contribution >= 4 is 23.5 Å². The molecule has 0 fully saturated rings. The summed E-state index contributed by atoms with van der Waals surface area (Å²) in [6.07, 6.45) is -0.389. The molecule has 0 saturated carbocycles. The van der Waals surface area contributed by atoms with Gasteiger partial charge < -0.3 is 14.8 Å². The lowest BCUT2D eigenvalue weighted by molar-refractivity contribution is -0.160. The minimum atomic E-state index is -0.869. The molecule has 0 radical (unpaired) electrons. The van der Waals surface area contributed by atoms with Crippen molar-refractivity contribution in [3.8, 4) is 5.75 Å². The van der Waals surface area contributed by atoms with E-state index in [-0.39, 0.29) is 12.5 Å². The van der Waals surface area contributed by atoms with E-state index in [1.54, 1.807) is 25.1 Å². The van der Waals surface area contributed by atoms with Crippen LogP contribution >= 0.6 is 11.6 Å². The van der Waals surface area contributed by atoms with E-state index in [1.165, 1.54) is 0 Å². The first-order valence-electron chi connectivity index (χ1n) is 8.46. The Morgan fingerprint density at radius 1 is 1.27 bits per heavy atom. The van der Waals surface area contributed by atoms with Crippen molar-refractivity contribution in [3.63, 3.8) is 0 Å². The van der Waals surface area contributed by atoms with Crippen LogP contribution in [0.3, 0.4) is 0 Å². The molecule has 2 aromatic rings. The summed E-state index contributed by atoms with van der Waals surface area (Å²) in [5, 5.41) is 3.36. The zero-order valence-electron chi connectivity index (χ0n) is 14.4. The van der Waals surface area contributed by atoms with E-state index in [2.05, 4.69) is 5.32 Å². The molecular formula is C20H20ClNO4. The van der Waals surface area contributed by atoms with E-state index in [9.17, 15) is 9.59 Å². The highest BCUT2D eigenvalue weighted by Gasteiger charge is 2.29. The van der Waals surface area contributed by atoms with E-state index in [0.29, 0.717) is 18.0 Å². The van der Waals surface area contributed by atoms with Gasteiger partial charge in [0.15, 0.2) is 6.10 Å². The summed E-state index contributed by atoms with van der Waals surface area (Å²) in [5.41, 5.74) is 1.85. The number of carbonyl (C=O) groups is 2. The smallest absolute Gasteiger partial charge is 0.313 e. The van der Waals surface area contributed by atoms with E-state index in [4.69, 9.17) is 21.1 Å². The van der Waals surface area contributed by atoms with Crippen LogP contribution in [0.15, 0.2) is 48.5 Å². The average Bonchev–Trinajstić information content (AvgIpc) is 2.66. The third-order valence-corrected chi connectivity index (χ3v) is 4.47. The van der Waals surface area contributed by atoms with Gasteiger partial charge in [-0.25, -0.2) is 0 Å². The zero-order chi connectivity index (χ0) is 18.5. The van der Waals surface area contributed by atoms with Crippen molar-refractivity contribution in [2.45, 2.75) is 26.0 Å². The van der Waals surface area contributed by atoms with Gasteiger partial charge in [-0.3, -0.25) is 9.59 Å². The van der Waals surface area contributed by atoms with Crippen LogP contribution in [0, 0.1) is 5.92 Å². The van der Waals surface area contributed by atoms with Crippen molar-refractivity contribution in [3.05, 3.63) is 64.7 Å². The fourth-order valence-electron chi connectivity index (χ4n) is 2.77. The molecule has 6 heteroatoms. The molecule has 136 valence electrons. The number of nitrogens with one attached hydrogen (secondary N) is 1. The number of carbonyl (C=O) groups excluding carboxylic acids is 2. The Hall–Kier alpha value is -2.53. The molecule has 0 aliphatic carbocycles. The number of hydrogen-bond donors (Lipinski definition) is 1. The van der Waals surface area contributed by atoms with Gasteiger partial charge in [0.05, 0.1) is 5.92 Å². The highest BCUT2D eigenvalue weighted by atomic mass is 35.5. The second-order valence-corrected chi connectivity index (χ2v) is 6.68. The number of benzene rings is 2. The summed E-state index contributed by atoms with van der Waals surface area (Å²) in [6, 6.07) is 14.9. The maximum Gasteiger partial charge on any atom is 0.313 e. The van der Waals surface area contributed by atoms with Crippen molar-refractivity contribution in [2.24, 2.45) is 5.92 Å².